The molecule has 0 spiro atoms. The first-order chi connectivity index (χ1) is 8.67. The van der Waals surface area contributed by atoms with Crippen molar-refractivity contribution in [1.82, 2.24) is 4.90 Å². The van der Waals surface area contributed by atoms with E-state index in [2.05, 4.69) is 11.8 Å². The molecule has 2 atom stereocenters. The molecule has 106 valence electrons. The number of ether oxygens (including phenoxy) is 1. The molecule has 2 unspecified atom stereocenters. The van der Waals surface area contributed by atoms with Crippen LogP contribution in [-0.4, -0.2) is 43.2 Å². The molecule has 2 N–H and O–H groups in total. The highest BCUT2D eigenvalue weighted by Gasteiger charge is 2.21. The second kappa shape index (κ2) is 8.48. The molecule has 0 amide bonds. The average Bonchev–Trinajstić information content (AvgIpc) is 2.56. The minimum Gasteiger partial charge on any atom is -0.465 e. The van der Waals surface area contributed by atoms with Crippen molar-refractivity contribution >= 4 is 5.97 Å². The Kier molecular flexibility index (Phi) is 7.28. The Balaban J connectivity index is 2.32. The van der Waals surface area contributed by atoms with E-state index >= 15 is 0 Å². The molecule has 1 aliphatic rings. The van der Waals surface area contributed by atoms with Gasteiger partial charge in [-0.1, -0.05) is 19.8 Å². The van der Waals surface area contributed by atoms with Crippen LogP contribution in [0.25, 0.3) is 0 Å². The van der Waals surface area contributed by atoms with Crippen molar-refractivity contribution in [1.29, 1.82) is 0 Å². The number of rotatable bonds is 6. The monoisotopic (exact) mass is 256 g/mol. The average molecular weight is 256 g/mol. The van der Waals surface area contributed by atoms with Gasteiger partial charge >= 0.3 is 5.97 Å². The van der Waals surface area contributed by atoms with Crippen LogP contribution in [-0.2, 0) is 9.53 Å². The van der Waals surface area contributed by atoms with Gasteiger partial charge in [-0.3, -0.25) is 4.79 Å². The van der Waals surface area contributed by atoms with Gasteiger partial charge in [0, 0.05) is 6.54 Å². The molecular weight excluding hydrogens is 228 g/mol. The number of nitrogens with two attached hydrogens (primary N) is 1. The lowest BCUT2D eigenvalue weighted by molar-refractivity contribution is -0.145. The number of likely N-dealkylation sites (tertiary alicyclic amines) is 1. The lowest BCUT2D eigenvalue weighted by Gasteiger charge is -2.23. The molecule has 1 aliphatic heterocycles. The van der Waals surface area contributed by atoms with E-state index in [0.29, 0.717) is 13.2 Å². The predicted octanol–water partition coefficient (Wildman–Crippen LogP) is 1.78. The van der Waals surface area contributed by atoms with Gasteiger partial charge in [-0.15, -0.1) is 0 Å². The van der Waals surface area contributed by atoms with Crippen molar-refractivity contribution in [3.05, 3.63) is 0 Å². The van der Waals surface area contributed by atoms with Crippen molar-refractivity contribution in [3.63, 3.8) is 0 Å². The minimum atomic E-state index is -0.493. The highest BCUT2D eigenvalue weighted by atomic mass is 16.5. The molecule has 0 aliphatic carbocycles. The van der Waals surface area contributed by atoms with Gasteiger partial charge in [-0.25, -0.2) is 0 Å². The number of esters is 1. The summed E-state index contributed by atoms with van der Waals surface area (Å²) >= 11 is 0. The fraction of sp³-hybridized carbons (Fsp3) is 0.929. The summed E-state index contributed by atoms with van der Waals surface area (Å²) in [6.07, 6.45) is 6.38. The van der Waals surface area contributed by atoms with E-state index < -0.39 is 6.04 Å². The third-order valence-corrected chi connectivity index (χ3v) is 3.68. The Bertz CT molecular complexity index is 246. The molecule has 1 saturated heterocycles. The fourth-order valence-corrected chi connectivity index (χ4v) is 2.71. The molecule has 0 aromatic heterocycles. The zero-order valence-electron chi connectivity index (χ0n) is 11.9. The molecule has 4 heteroatoms. The summed E-state index contributed by atoms with van der Waals surface area (Å²) in [4.78, 5) is 13.8. The van der Waals surface area contributed by atoms with Crippen LogP contribution in [0.15, 0.2) is 0 Å². The zero-order valence-corrected chi connectivity index (χ0v) is 11.9. The van der Waals surface area contributed by atoms with E-state index in [1.807, 2.05) is 6.92 Å². The second-order valence-corrected chi connectivity index (χ2v) is 5.24. The van der Waals surface area contributed by atoms with Crippen molar-refractivity contribution in [2.45, 2.75) is 52.0 Å². The largest absolute Gasteiger partial charge is 0.465 e. The van der Waals surface area contributed by atoms with Crippen LogP contribution in [0.5, 0.6) is 0 Å². The van der Waals surface area contributed by atoms with Crippen LogP contribution >= 0.6 is 0 Å². The third kappa shape index (κ3) is 5.36. The first kappa shape index (κ1) is 15.4. The molecule has 0 radical (unpaired) electrons. The van der Waals surface area contributed by atoms with Crippen LogP contribution in [0, 0.1) is 5.92 Å². The molecule has 0 bridgehead atoms. The van der Waals surface area contributed by atoms with Gasteiger partial charge < -0.3 is 15.4 Å². The molecule has 0 aromatic rings. The van der Waals surface area contributed by atoms with Crippen molar-refractivity contribution < 1.29 is 9.53 Å². The summed E-state index contributed by atoms with van der Waals surface area (Å²) in [5.41, 5.74) is 5.86. The molecular formula is C14H28N2O2. The molecule has 4 nitrogen and oxygen atoms in total. The Hall–Kier alpha value is -0.610. The van der Waals surface area contributed by atoms with E-state index in [9.17, 15) is 4.79 Å². The predicted molar refractivity (Wildman–Crippen MR) is 73.3 cm³/mol. The summed E-state index contributed by atoms with van der Waals surface area (Å²) < 4.78 is 4.95. The maximum atomic E-state index is 11.5. The van der Waals surface area contributed by atoms with E-state index in [1.54, 1.807) is 0 Å². The van der Waals surface area contributed by atoms with Gasteiger partial charge in [-0.05, 0) is 45.2 Å². The first-order valence-electron chi connectivity index (χ1n) is 7.31. The highest BCUT2D eigenvalue weighted by Crippen LogP contribution is 2.21. The summed E-state index contributed by atoms with van der Waals surface area (Å²) in [6.45, 7) is 7.24. The van der Waals surface area contributed by atoms with E-state index in [1.165, 1.54) is 32.1 Å². The smallest absolute Gasteiger partial charge is 0.324 e. The van der Waals surface area contributed by atoms with E-state index in [0.717, 1.165) is 19.0 Å². The van der Waals surface area contributed by atoms with Crippen LogP contribution in [0.4, 0.5) is 0 Å². The van der Waals surface area contributed by atoms with Crippen LogP contribution < -0.4 is 5.73 Å². The minimum absolute atomic E-state index is 0.271. The molecule has 1 fully saturated rings. The normalized spacial score (nSPS) is 23.4. The maximum Gasteiger partial charge on any atom is 0.324 e. The first-order valence-corrected chi connectivity index (χ1v) is 7.31. The van der Waals surface area contributed by atoms with Gasteiger partial charge in [0.15, 0.2) is 0 Å². The van der Waals surface area contributed by atoms with Gasteiger partial charge in [0.1, 0.15) is 6.04 Å². The highest BCUT2D eigenvalue weighted by molar-refractivity contribution is 5.75. The number of carbonyl (C=O) groups excluding carboxylic acids is 1. The van der Waals surface area contributed by atoms with Gasteiger partial charge in [-0.2, -0.15) is 0 Å². The number of hydrogen-bond acceptors (Lipinski definition) is 4. The summed E-state index contributed by atoms with van der Waals surface area (Å²) in [5.74, 6) is 0.589. The van der Waals surface area contributed by atoms with Crippen LogP contribution in [0.2, 0.25) is 0 Å². The third-order valence-electron chi connectivity index (χ3n) is 3.68. The van der Waals surface area contributed by atoms with Crippen LogP contribution in [0.3, 0.4) is 0 Å². The Labute approximate surface area is 111 Å². The summed E-state index contributed by atoms with van der Waals surface area (Å²) in [5, 5.41) is 0. The standard InChI is InChI=1S/C14H28N2O2/c1-3-6-12-7-5-9-16(10-8-12)11-13(15)14(17)18-4-2/h12-13H,3-11,15H2,1-2H3. The van der Waals surface area contributed by atoms with E-state index in [4.69, 9.17) is 10.5 Å². The Morgan fingerprint density at radius 1 is 1.39 bits per heavy atom. The summed E-state index contributed by atoms with van der Waals surface area (Å²) in [7, 11) is 0. The van der Waals surface area contributed by atoms with Gasteiger partial charge in [0.25, 0.3) is 0 Å². The Morgan fingerprint density at radius 2 is 2.17 bits per heavy atom. The molecule has 1 heterocycles. The van der Waals surface area contributed by atoms with Crippen molar-refractivity contribution in [2.75, 3.05) is 26.2 Å². The topological polar surface area (TPSA) is 55.6 Å². The molecule has 0 saturated carbocycles. The van der Waals surface area contributed by atoms with E-state index in [-0.39, 0.29) is 5.97 Å². The number of nitrogens with zero attached hydrogens (tertiary/aromatic N) is 1. The number of hydrogen-bond donors (Lipinski definition) is 1. The second-order valence-electron chi connectivity index (χ2n) is 5.24. The van der Waals surface area contributed by atoms with Gasteiger partial charge in [0.05, 0.1) is 6.61 Å². The molecule has 18 heavy (non-hydrogen) atoms. The van der Waals surface area contributed by atoms with Crippen LogP contribution in [0.1, 0.15) is 46.0 Å². The SMILES string of the molecule is CCCC1CCCN(CC(N)C(=O)OCC)CC1. The quantitative estimate of drug-likeness (QED) is 0.736. The zero-order chi connectivity index (χ0) is 13.4. The van der Waals surface area contributed by atoms with Gasteiger partial charge in [0.2, 0.25) is 0 Å². The summed E-state index contributed by atoms with van der Waals surface area (Å²) in [6, 6.07) is -0.493. The maximum absolute atomic E-state index is 11.5. The molecule has 1 rings (SSSR count). The molecule has 0 aromatic carbocycles. The fourth-order valence-electron chi connectivity index (χ4n) is 2.71. The van der Waals surface area contributed by atoms with Crippen molar-refractivity contribution in [3.8, 4) is 0 Å². The van der Waals surface area contributed by atoms with Crippen molar-refractivity contribution in [2.24, 2.45) is 11.7 Å². The lowest BCUT2D eigenvalue weighted by atomic mass is 9.96. The number of carbonyl (C=O) groups is 1. The lowest BCUT2D eigenvalue weighted by Crippen LogP contribution is -2.44. The Morgan fingerprint density at radius 3 is 2.83 bits per heavy atom.